The summed E-state index contributed by atoms with van der Waals surface area (Å²) in [7, 11) is 1.45. The lowest BCUT2D eigenvalue weighted by atomic mass is 9.97. The van der Waals surface area contributed by atoms with Gasteiger partial charge in [0, 0.05) is 13.1 Å². The van der Waals surface area contributed by atoms with E-state index in [4.69, 9.17) is 4.74 Å². The molecule has 0 aliphatic carbocycles. The standard InChI is InChI=1S/C14H22N4O2/c1-3-15-13-9-16-12(8-17-13)10-18-6-4-11(5-7-18)14(19)20-2/h8-9,11H,3-7,10H2,1-2H3,(H,15,17). The number of methoxy groups -OCH3 is 1. The number of hydrogen-bond donors (Lipinski definition) is 1. The molecule has 110 valence electrons. The average molecular weight is 278 g/mol. The highest BCUT2D eigenvalue weighted by molar-refractivity contribution is 5.72. The van der Waals surface area contributed by atoms with Crippen molar-refractivity contribution in [2.45, 2.75) is 26.3 Å². The van der Waals surface area contributed by atoms with Crippen LogP contribution in [0, 0.1) is 5.92 Å². The molecule has 1 fully saturated rings. The van der Waals surface area contributed by atoms with Crippen molar-refractivity contribution in [2.75, 3.05) is 32.1 Å². The van der Waals surface area contributed by atoms with Gasteiger partial charge in [-0.3, -0.25) is 14.7 Å². The monoisotopic (exact) mass is 278 g/mol. The second-order valence-corrected chi connectivity index (χ2v) is 5.00. The van der Waals surface area contributed by atoms with Crippen LogP contribution in [0.25, 0.3) is 0 Å². The van der Waals surface area contributed by atoms with Crippen LogP contribution in [-0.4, -0.2) is 47.6 Å². The topological polar surface area (TPSA) is 67.4 Å². The molecule has 0 spiro atoms. The number of carbonyl (C=O) groups excluding carboxylic acids is 1. The summed E-state index contributed by atoms with van der Waals surface area (Å²) in [6, 6.07) is 0. The third-order valence-corrected chi connectivity index (χ3v) is 3.57. The van der Waals surface area contributed by atoms with Gasteiger partial charge in [-0.15, -0.1) is 0 Å². The Hall–Kier alpha value is -1.69. The number of esters is 1. The number of carbonyl (C=O) groups is 1. The third-order valence-electron chi connectivity index (χ3n) is 3.57. The fraction of sp³-hybridized carbons (Fsp3) is 0.643. The largest absolute Gasteiger partial charge is 0.469 e. The van der Waals surface area contributed by atoms with E-state index in [1.165, 1.54) is 7.11 Å². The Bertz CT molecular complexity index is 427. The lowest BCUT2D eigenvalue weighted by molar-refractivity contribution is -0.147. The summed E-state index contributed by atoms with van der Waals surface area (Å²) in [6.07, 6.45) is 5.29. The molecular formula is C14H22N4O2. The number of anilines is 1. The van der Waals surface area contributed by atoms with Crippen LogP contribution in [0.3, 0.4) is 0 Å². The van der Waals surface area contributed by atoms with Gasteiger partial charge >= 0.3 is 5.97 Å². The number of nitrogens with zero attached hydrogens (tertiary/aromatic N) is 3. The maximum atomic E-state index is 11.5. The second-order valence-electron chi connectivity index (χ2n) is 5.00. The molecule has 2 heterocycles. The van der Waals surface area contributed by atoms with E-state index >= 15 is 0 Å². The normalized spacial score (nSPS) is 16.9. The van der Waals surface area contributed by atoms with Gasteiger partial charge < -0.3 is 10.1 Å². The van der Waals surface area contributed by atoms with Gasteiger partial charge in [-0.05, 0) is 32.9 Å². The van der Waals surface area contributed by atoms with Crippen LogP contribution in [0.2, 0.25) is 0 Å². The number of ether oxygens (including phenoxy) is 1. The molecular weight excluding hydrogens is 256 g/mol. The Morgan fingerprint density at radius 3 is 2.70 bits per heavy atom. The van der Waals surface area contributed by atoms with Gasteiger partial charge in [-0.1, -0.05) is 0 Å². The van der Waals surface area contributed by atoms with Crippen LogP contribution in [0.4, 0.5) is 5.82 Å². The van der Waals surface area contributed by atoms with Crippen LogP contribution >= 0.6 is 0 Å². The van der Waals surface area contributed by atoms with Crippen LogP contribution < -0.4 is 5.32 Å². The van der Waals surface area contributed by atoms with Gasteiger partial charge in [0.1, 0.15) is 5.82 Å². The molecule has 0 aromatic carbocycles. The zero-order valence-electron chi connectivity index (χ0n) is 12.1. The van der Waals surface area contributed by atoms with E-state index in [-0.39, 0.29) is 11.9 Å². The number of likely N-dealkylation sites (tertiary alicyclic amines) is 1. The predicted molar refractivity (Wildman–Crippen MR) is 76.2 cm³/mol. The highest BCUT2D eigenvalue weighted by Crippen LogP contribution is 2.19. The number of hydrogen-bond acceptors (Lipinski definition) is 6. The molecule has 1 N–H and O–H groups in total. The summed E-state index contributed by atoms with van der Waals surface area (Å²) >= 11 is 0. The van der Waals surface area contributed by atoms with Crippen LogP contribution in [0.15, 0.2) is 12.4 Å². The Balaban J connectivity index is 1.81. The first kappa shape index (κ1) is 14.7. The van der Waals surface area contributed by atoms with E-state index in [9.17, 15) is 4.79 Å². The molecule has 6 heteroatoms. The molecule has 0 amide bonds. The van der Waals surface area contributed by atoms with Gasteiger partial charge in [-0.25, -0.2) is 4.98 Å². The summed E-state index contributed by atoms with van der Waals surface area (Å²) in [6.45, 7) is 5.45. The van der Waals surface area contributed by atoms with E-state index in [1.807, 2.05) is 13.1 Å². The zero-order valence-corrected chi connectivity index (χ0v) is 12.1. The quantitative estimate of drug-likeness (QED) is 0.819. The van der Waals surface area contributed by atoms with Crippen LogP contribution in [-0.2, 0) is 16.1 Å². The molecule has 6 nitrogen and oxygen atoms in total. The Labute approximate surface area is 119 Å². The van der Waals surface area contributed by atoms with Gasteiger partial charge in [-0.2, -0.15) is 0 Å². The summed E-state index contributed by atoms with van der Waals surface area (Å²) in [5.74, 6) is 0.776. The number of piperidine rings is 1. The number of nitrogens with one attached hydrogen (secondary N) is 1. The average Bonchev–Trinajstić information content (AvgIpc) is 2.49. The first-order valence-electron chi connectivity index (χ1n) is 7.08. The molecule has 20 heavy (non-hydrogen) atoms. The molecule has 0 unspecified atom stereocenters. The Kier molecular flexibility index (Phi) is 5.29. The molecule has 1 saturated heterocycles. The van der Waals surface area contributed by atoms with E-state index < -0.39 is 0 Å². The maximum absolute atomic E-state index is 11.5. The zero-order chi connectivity index (χ0) is 14.4. The summed E-state index contributed by atoms with van der Waals surface area (Å²) < 4.78 is 4.79. The van der Waals surface area contributed by atoms with Crippen molar-refractivity contribution in [2.24, 2.45) is 5.92 Å². The molecule has 1 aliphatic rings. The third kappa shape index (κ3) is 3.90. The van der Waals surface area contributed by atoms with Crippen molar-refractivity contribution in [3.63, 3.8) is 0 Å². The molecule has 2 rings (SSSR count). The lowest BCUT2D eigenvalue weighted by Crippen LogP contribution is -2.36. The molecule has 1 aliphatic heterocycles. The van der Waals surface area contributed by atoms with Crippen molar-refractivity contribution in [1.82, 2.24) is 14.9 Å². The molecule has 1 aromatic rings. The van der Waals surface area contributed by atoms with Gasteiger partial charge in [0.15, 0.2) is 0 Å². The number of rotatable bonds is 5. The Morgan fingerprint density at radius 2 is 2.15 bits per heavy atom. The van der Waals surface area contributed by atoms with Crippen molar-refractivity contribution >= 4 is 11.8 Å². The lowest BCUT2D eigenvalue weighted by Gasteiger charge is -2.30. The summed E-state index contributed by atoms with van der Waals surface area (Å²) in [4.78, 5) is 22.5. The maximum Gasteiger partial charge on any atom is 0.308 e. The van der Waals surface area contributed by atoms with Crippen LogP contribution in [0.1, 0.15) is 25.5 Å². The van der Waals surface area contributed by atoms with Gasteiger partial charge in [0.2, 0.25) is 0 Å². The van der Waals surface area contributed by atoms with Gasteiger partial charge in [0.25, 0.3) is 0 Å². The second kappa shape index (κ2) is 7.19. The highest BCUT2D eigenvalue weighted by Gasteiger charge is 2.25. The predicted octanol–water partition coefficient (Wildman–Crippen LogP) is 1.29. The first-order chi connectivity index (χ1) is 9.72. The molecule has 0 saturated carbocycles. The molecule has 0 atom stereocenters. The van der Waals surface area contributed by atoms with Crippen molar-refractivity contribution < 1.29 is 9.53 Å². The van der Waals surface area contributed by atoms with E-state index in [1.54, 1.807) is 6.20 Å². The van der Waals surface area contributed by atoms with E-state index in [0.717, 1.165) is 50.5 Å². The fourth-order valence-corrected chi connectivity index (χ4v) is 2.43. The van der Waals surface area contributed by atoms with Crippen molar-refractivity contribution in [1.29, 1.82) is 0 Å². The van der Waals surface area contributed by atoms with Gasteiger partial charge in [0.05, 0.1) is 31.1 Å². The van der Waals surface area contributed by atoms with Crippen molar-refractivity contribution in [3.05, 3.63) is 18.1 Å². The van der Waals surface area contributed by atoms with Crippen molar-refractivity contribution in [3.8, 4) is 0 Å². The Morgan fingerprint density at radius 1 is 1.40 bits per heavy atom. The van der Waals surface area contributed by atoms with Crippen LogP contribution in [0.5, 0.6) is 0 Å². The minimum absolute atomic E-state index is 0.0541. The highest BCUT2D eigenvalue weighted by atomic mass is 16.5. The smallest absolute Gasteiger partial charge is 0.308 e. The number of aromatic nitrogens is 2. The summed E-state index contributed by atoms with van der Waals surface area (Å²) in [5.41, 5.74) is 0.961. The molecule has 0 bridgehead atoms. The minimum atomic E-state index is -0.0839. The molecule has 1 aromatic heterocycles. The SMILES string of the molecule is CCNc1cnc(CN2CCC(C(=O)OC)CC2)cn1. The first-order valence-corrected chi connectivity index (χ1v) is 7.08. The fourth-order valence-electron chi connectivity index (χ4n) is 2.43. The van der Waals surface area contributed by atoms with E-state index in [2.05, 4.69) is 20.2 Å². The van der Waals surface area contributed by atoms with E-state index in [0.29, 0.717) is 0 Å². The molecule has 0 radical (unpaired) electrons. The summed E-state index contributed by atoms with van der Waals surface area (Å²) in [5, 5.41) is 3.12. The minimum Gasteiger partial charge on any atom is -0.469 e.